The van der Waals surface area contributed by atoms with E-state index in [1.807, 2.05) is 4.57 Å². The van der Waals surface area contributed by atoms with E-state index in [-0.39, 0.29) is 23.3 Å². The maximum absolute atomic E-state index is 12.0. The van der Waals surface area contributed by atoms with Crippen molar-refractivity contribution < 1.29 is 13.2 Å². The first kappa shape index (κ1) is 13.4. The van der Waals surface area contributed by atoms with Crippen LogP contribution >= 0.6 is 0 Å². The molecular formula is C12H18N4O3S. The molecule has 1 unspecified atom stereocenters. The first-order chi connectivity index (χ1) is 9.53. The van der Waals surface area contributed by atoms with Crippen LogP contribution in [0, 0.1) is 5.92 Å². The summed E-state index contributed by atoms with van der Waals surface area (Å²) >= 11 is 0. The van der Waals surface area contributed by atoms with Gasteiger partial charge in [0.15, 0.2) is 9.84 Å². The van der Waals surface area contributed by atoms with Crippen molar-refractivity contribution in [3.8, 4) is 0 Å². The Hall–Kier alpha value is -1.57. The van der Waals surface area contributed by atoms with Crippen LogP contribution in [0.15, 0.2) is 6.20 Å². The summed E-state index contributed by atoms with van der Waals surface area (Å²) in [5.41, 5.74) is 0.384. The number of imidazole rings is 1. The second-order valence-electron chi connectivity index (χ2n) is 5.40. The number of carbonyl (C=O) groups excluding carboxylic acids is 1. The molecule has 0 spiro atoms. The molecule has 1 aromatic rings. The molecule has 0 aliphatic carbocycles. The number of aromatic nitrogens is 2. The number of hydrogen-bond donors (Lipinski definition) is 2. The lowest BCUT2D eigenvalue weighted by Crippen LogP contribution is -2.30. The molecule has 1 fully saturated rings. The highest BCUT2D eigenvalue weighted by Gasteiger charge is 2.28. The van der Waals surface area contributed by atoms with Crippen LogP contribution in [0.5, 0.6) is 0 Å². The lowest BCUT2D eigenvalue weighted by molar-refractivity contribution is 0.0944. The lowest BCUT2D eigenvalue weighted by atomic mass is 10.1. The van der Waals surface area contributed by atoms with Crippen molar-refractivity contribution in [3.05, 3.63) is 11.9 Å². The monoisotopic (exact) mass is 298 g/mol. The maximum Gasteiger partial charge on any atom is 0.271 e. The van der Waals surface area contributed by atoms with Gasteiger partial charge in [0.1, 0.15) is 5.69 Å². The minimum atomic E-state index is -2.89. The van der Waals surface area contributed by atoms with Crippen LogP contribution in [0.3, 0.4) is 0 Å². The fourth-order valence-electron chi connectivity index (χ4n) is 2.65. The fraction of sp³-hybridized carbons (Fsp3) is 0.667. The Morgan fingerprint density at radius 1 is 1.55 bits per heavy atom. The van der Waals surface area contributed by atoms with Crippen molar-refractivity contribution >= 4 is 21.7 Å². The zero-order valence-corrected chi connectivity index (χ0v) is 11.9. The predicted octanol–water partition coefficient (Wildman–Crippen LogP) is -0.137. The number of aryl methyl sites for hydroxylation is 1. The number of fused-ring (bicyclic) bond motifs is 1. The van der Waals surface area contributed by atoms with Crippen molar-refractivity contribution in [2.24, 2.45) is 5.92 Å². The number of nitrogens with zero attached hydrogens (tertiary/aromatic N) is 2. The molecule has 0 saturated carbocycles. The van der Waals surface area contributed by atoms with Crippen molar-refractivity contribution in [1.82, 2.24) is 14.9 Å². The van der Waals surface area contributed by atoms with Gasteiger partial charge in [0.2, 0.25) is 5.95 Å². The zero-order chi connectivity index (χ0) is 14.2. The summed E-state index contributed by atoms with van der Waals surface area (Å²) in [6.45, 7) is 2.13. The molecule has 2 aliphatic heterocycles. The molecular weight excluding hydrogens is 280 g/mol. The lowest BCUT2D eigenvalue weighted by Gasteiger charge is -2.14. The average molecular weight is 298 g/mol. The Balaban J connectivity index is 1.58. The highest BCUT2D eigenvalue weighted by atomic mass is 32.2. The van der Waals surface area contributed by atoms with E-state index in [0.717, 1.165) is 25.5 Å². The molecule has 0 bridgehead atoms. The minimum absolute atomic E-state index is 0.0271. The third-order valence-corrected chi connectivity index (χ3v) is 5.58. The minimum Gasteiger partial charge on any atom is -0.356 e. The van der Waals surface area contributed by atoms with E-state index in [1.165, 1.54) is 0 Å². The second-order valence-corrected chi connectivity index (χ2v) is 7.63. The van der Waals surface area contributed by atoms with Gasteiger partial charge < -0.3 is 15.2 Å². The van der Waals surface area contributed by atoms with Crippen LogP contribution in [-0.2, 0) is 16.4 Å². The molecule has 110 valence electrons. The smallest absolute Gasteiger partial charge is 0.271 e. The zero-order valence-electron chi connectivity index (χ0n) is 11.1. The van der Waals surface area contributed by atoms with E-state index in [0.29, 0.717) is 18.7 Å². The fourth-order valence-corrected chi connectivity index (χ4v) is 4.51. The SMILES string of the molecule is O=C(NCC1CCS(=O)(=O)C1)c1cn2c(n1)NCCC2. The average Bonchev–Trinajstić information content (AvgIpc) is 2.99. The van der Waals surface area contributed by atoms with E-state index < -0.39 is 9.84 Å². The van der Waals surface area contributed by atoms with Gasteiger partial charge in [-0.05, 0) is 18.8 Å². The highest BCUT2D eigenvalue weighted by Crippen LogP contribution is 2.18. The maximum atomic E-state index is 12.0. The Morgan fingerprint density at radius 3 is 3.10 bits per heavy atom. The van der Waals surface area contributed by atoms with Crippen LogP contribution in [-0.4, -0.2) is 48.5 Å². The van der Waals surface area contributed by atoms with E-state index in [4.69, 9.17) is 0 Å². The number of nitrogens with one attached hydrogen (secondary N) is 2. The van der Waals surface area contributed by atoms with E-state index >= 15 is 0 Å². The molecule has 3 heterocycles. The second kappa shape index (κ2) is 5.08. The molecule has 2 N–H and O–H groups in total. The summed E-state index contributed by atoms with van der Waals surface area (Å²) in [5.74, 6) is 0.923. The Morgan fingerprint density at radius 2 is 2.40 bits per heavy atom. The molecule has 1 saturated heterocycles. The van der Waals surface area contributed by atoms with E-state index in [2.05, 4.69) is 15.6 Å². The Bertz CT molecular complexity index is 599. The van der Waals surface area contributed by atoms with Crippen molar-refractivity contribution in [2.45, 2.75) is 19.4 Å². The van der Waals surface area contributed by atoms with Gasteiger partial charge in [-0.15, -0.1) is 0 Å². The van der Waals surface area contributed by atoms with Crippen molar-refractivity contribution in [3.63, 3.8) is 0 Å². The Kier molecular flexibility index (Phi) is 3.41. The van der Waals surface area contributed by atoms with Crippen molar-refractivity contribution in [1.29, 1.82) is 0 Å². The topological polar surface area (TPSA) is 93.1 Å². The number of hydrogen-bond acceptors (Lipinski definition) is 5. The molecule has 20 heavy (non-hydrogen) atoms. The summed E-state index contributed by atoms with van der Waals surface area (Å²) in [4.78, 5) is 16.3. The van der Waals surface area contributed by atoms with Crippen LogP contribution in [0.25, 0.3) is 0 Å². The normalized spacial score (nSPS) is 23.9. The summed E-state index contributed by atoms with van der Waals surface area (Å²) in [5, 5.41) is 5.92. The number of rotatable bonds is 3. The molecule has 7 nitrogen and oxygen atoms in total. The number of amides is 1. The summed E-state index contributed by atoms with van der Waals surface area (Å²) in [6.07, 6.45) is 3.39. The third kappa shape index (κ3) is 2.79. The van der Waals surface area contributed by atoms with Gasteiger partial charge in [-0.3, -0.25) is 4.79 Å². The molecule has 2 aliphatic rings. The Labute approximate surface area is 117 Å². The summed E-state index contributed by atoms with van der Waals surface area (Å²) in [6, 6.07) is 0. The first-order valence-corrected chi connectivity index (χ1v) is 8.65. The highest BCUT2D eigenvalue weighted by molar-refractivity contribution is 7.91. The van der Waals surface area contributed by atoms with Gasteiger partial charge in [-0.25, -0.2) is 13.4 Å². The van der Waals surface area contributed by atoms with Gasteiger partial charge in [-0.2, -0.15) is 0 Å². The van der Waals surface area contributed by atoms with E-state index in [1.54, 1.807) is 6.20 Å². The van der Waals surface area contributed by atoms with Gasteiger partial charge in [0.25, 0.3) is 5.91 Å². The van der Waals surface area contributed by atoms with E-state index in [9.17, 15) is 13.2 Å². The molecule has 0 aromatic carbocycles. The molecule has 8 heteroatoms. The standard InChI is InChI=1S/C12H18N4O3S/c17-11(14-6-9-2-5-20(18,19)8-9)10-7-16-4-1-3-13-12(16)15-10/h7,9H,1-6,8H2,(H,13,15)(H,14,17). The molecule has 0 radical (unpaired) electrons. The van der Waals surface area contributed by atoms with Crippen LogP contribution in [0.1, 0.15) is 23.3 Å². The predicted molar refractivity (Wildman–Crippen MR) is 74.4 cm³/mol. The molecule has 1 aromatic heterocycles. The molecule has 3 rings (SSSR count). The number of anilines is 1. The summed E-state index contributed by atoms with van der Waals surface area (Å²) in [7, 11) is -2.89. The number of sulfone groups is 1. The molecule has 1 amide bonds. The largest absolute Gasteiger partial charge is 0.356 e. The number of carbonyl (C=O) groups is 1. The van der Waals surface area contributed by atoms with Gasteiger partial charge in [-0.1, -0.05) is 0 Å². The third-order valence-electron chi connectivity index (χ3n) is 3.75. The van der Waals surface area contributed by atoms with Crippen LogP contribution < -0.4 is 10.6 Å². The first-order valence-electron chi connectivity index (χ1n) is 6.83. The quantitative estimate of drug-likeness (QED) is 0.810. The van der Waals surface area contributed by atoms with Crippen LogP contribution in [0.2, 0.25) is 0 Å². The van der Waals surface area contributed by atoms with Gasteiger partial charge in [0.05, 0.1) is 11.5 Å². The molecule has 1 atom stereocenters. The van der Waals surface area contributed by atoms with Gasteiger partial charge >= 0.3 is 0 Å². The van der Waals surface area contributed by atoms with Crippen LogP contribution in [0.4, 0.5) is 5.95 Å². The van der Waals surface area contributed by atoms with Gasteiger partial charge in [0, 0.05) is 25.8 Å². The van der Waals surface area contributed by atoms with Crippen molar-refractivity contribution in [2.75, 3.05) is 29.9 Å². The summed E-state index contributed by atoms with van der Waals surface area (Å²) < 4.78 is 24.6.